The molecule has 194 valence electrons. The average molecular weight is 490 g/mol. The molecule has 0 aliphatic rings. The molecule has 0 aliphatic carbocycles. The van der Waals surface area contributed by atoms with Crippen LogP contribution in [0.25, 0.3) is 10.9 Å². The Morgan fingerprint density at radius 1 is 1.11 bits per heavy atom. The first kappa shape index (κ1) is 28.5. The Labute approximate surface area is 206 Å². The molecule has 1 heterocycles. The monoisotopic (exact) mass is 489 g/mol. The van der Waals surface area contributed by atoms with Gasteiger partial charge in [0.25, 0.3) is 5.91 Å². The van der Waals surface area contributed by atoms with Gasteiger partial charge in [0.1, 0.15) is 24.4 Å². The van der Waals surface area contributed by atoms with Crippen molar-refractivity contribution in [3.05, 3.63) is 48.2 Å². The van der Waals surface area contributed by atoms with Crippen molar-refractivity contribution in [3.8, 4) is 0 Å². The number of para-hydroxylation sites is 1. The fraction of sp³-hybridized carbons (Fsp3) is 0.538. The van der Waals surface area contributed by atoms with Crippen molar-refractivity contribution in [1.29, 1.82) is 0 Å². The number of aliphatic hydroxyl groups is 3. The van der Waals surface area contributed by atoms with Crippen molar-refractivity contribution < 1.29 is 29.6 Å². The molecule has 1 aromatic heterocycles. The van der Waals surface area contributed by atoms with Crippen molar-refractivity contribution in [2.75, 3.05) is 13.7 Å². The van der Waals surface area contributed by atoms with Crippen LogP contribution in [0, 0.1) is 5.41 Å². The largest absolute Gasteiger partial charge is 0.387 e. The number of amides is 2. The number of carbonyl (C=O) groups is 2. The van der Waals surface area contributed by atoms with E-state index in [1.807, 2.05) is 52.0 Å². The topological polar surface area (TPSA) is 144 Å². The van der Waals surface area contributed by atoms with Crippen molar-refractivity contribution >= 4 is 22.7 Å². The molecule has 0 fully saturated rings. The van der Waals surface area contributed by atoms with Crippen LogP contribution in [-0.4, -0.2) is 76.2 Å². The molecular formula is C26H39N3O6. The van der Waals surface area contributed by atoms with Gasteiger partial charge < -0.3 is 35.7 Å². The molecule has 2 rings (SSSR count). The van der Waals surface area contributed by atoms with E-state index in [4.69, 9.17) is 4.74 Å². The quantitative estimate of drug-likeness (QED) is 0.249. The van der Waals surface area contributed by atoms with Crippen LogP contribution >= 0.6 is 0 Å². The third-order valence-electron chi connectivity index (χ3n) is 5.60. The number of H-pyrrole nitrogens is 1. The third kappa shape index (κ3) is 8.17. The van der Waals surface area contributed by atoms with Crippen LogP contribution < -0.4 is 10.6 Å². The first-order chi connectivity index (χ1) is 16.5. The van der Waals surface area contributed by atoms with Gasteiger partial charge in [0.15, 0.2) is 6.10 Å². The van der Waals surface area contributed by atoms with Crippen LogP contribution in [0.15, 0.2) is 42.6 Å². The van der Waals surface area contributed by atoms with Crippen molar-refractivity contribution in [3.63, 3.8) is 0 Å². The maximum Gasteiger partial charge on any atom is 0.252 e. The van der Waals surface area contributed by atoms with Crippen molar-refractivity contribution in [1.82, 2.24) is 15.6 Å². The first-order valence-electron chi connectivity index (χ1n) is 11.9. The van der Waals surface area contributed by atoms with Gasteiger partial charge in [0, 0.05) is 37.2 Å². The highest BCUT2D eigenvalue weighted by Gasteiger charge is 2.37. The standard InChI is InChI=1S/C26H39N3O6/c1-6-13-27-24(33)19(14-16-15-28-18-10-8-7-9-17(16)18)29-25(34)23(35-5)22(32)21(31)20(30)11-12-26(2,3)4/h7-12,15,19-23,28,30-32H,6,13-14H2,1-5H3,(H,27,33)(H,29,34)/b12-11+/t19-,20+,21-,22+,23+/m0/s1. The highest BCUT2D eigenvalue weighted by Crippen LogP contribution is 2.20. The lowest BCUT2D eigenvalue weighted by atomic mass is 9.94. The minimum Gasteiger partial charge on any atom is -0.387 e. The molecule has 9 heteroatoms. The van der Waals surface area contributed by atoms with Crippen LogP contribution in [-0.2, 0) is 20.7 Å². The average Bonchev–Trinajstić information content (AvgIpc) is 3.22. The van der Waals surface area contributed by atoms with Gasteiger partial charge in [-0.05, 0) is 23.5 Å². The molecule has 9 nitrogen and oxygen atoms in total. The van der Waals surface area contributed by atoms with E-state index in [1.165, 1.54) is 13.2 Å². The van der Waals surface area contributed by atoms with Crippen molar-refractivity contribution in [2.45, 2.75) is 71.0 Å². The molecule has 2 amide bonds. The van der Waals surface area contributed by atoms with Gasteiger partial charge in [-0.25, -0.2) is 0 Å². The summed E-state index contributed by atoms with van der Waals surface area (Å²) in [6.45, 7) is 8.12. The number of hydrogen-bond donors (Lipinski definition) is 6. The summed E-state index contributed by atoms with van der Waals surface area (Å²) in [4.78, 5) is 29.1. The van der Waals surface area contributed by atoms with E-state index in [9.17, 15) is 24.9 Å². The molecule has 35 heavy (non-hydrogen) atoms. The summed E-state index contributed by atoms with van der Waals surface area (Å²) in [6, 6.07) is 6.69. The Hall–Kier alpha value is -2.72. The molecule has 6 N–H and O–H groups in total. The molecule has 0 radical (unpaired) electrons. The first-order valence-corrected chi connectivity index (χ1v) is 11.9. The van der Waals surface area contributed by atoms with E-state index < -0.39 is 36.4 Å². The van der Waals surface area contributed by atoms with Crippen LogP contribution in [0.5, 0.6) is 0 Å². The van der Waals surface area contributed by atoms with Gasteiger partial charge >= 0.3 is 0 Å². The second-order valence-electron chi connectivity index (χ2n) is 9.77. The van der Waals surface area contributed by atoms with E-state index in [1.54, 1.807) is 12.3 Å². The molecule has 0 saturated carbocycles. The summed E-state index contributed by atoms with van der Waals surface area (Å²) in [5, 5.41) is 37.7. The van der Waals surface area contributed by atoms with Crippen LogP contribution in [0.2, 0.25) is 0 Å². The third-order valence-corrected chi connectivity index (χ3v) is 5.60. The van der Waals surface area contributed by atoms with Gasteiger partial charge in [-0.15, -0.1) is 0 Å². The maximum absolute atomic E-state index is 13.0. The summed E-state index contributed by atoms with van der Waals surface area (Å²) >= 11 is 0. The second kappa shape index (κ2) is 12.8. The highest BCUT2D eigenvalue weighted by atomic mass is 16.5. The number of rotatable bonds is 12. The number of aromatic amines is 1. The van der Waals surface area contributed by atoms with Crippen LogP contribution in [0.3, 0.4) is 0 Å². The van der Waals surface area contributed by atoms with Crippen molar-refractivity contribution in [2.24, 2.45) is 5.41 Å². The SMILES string of the molecule is CCCNC(=O)[C@H](Cc1c[nH]c2ccccc12)NC(=O)[C@H](OC)[C@H](O)[C@@H](O)[C@H](O)/C=C/C(C)(C)C. The summed E-state index contributed by atoms with van der Waals surface area (Å²) in [7, 11) is 1.21. The minimum absolute atomic E-state index is 0.206. The number of aromatic nitrogens is 1. The number of nitrogens with one attached hydrogen (secondary N) is 3. The number of ether oxygens (including phenoxy) is 1. The van der Waals surface area contributed by atoms with E-state index >= 15 is 0 Å². The Morgan fingerprint density at radius 2 is 1.80 bits per heavy atom. The lowest BCUT2D eigenvalue weighted by Gasteiger charge is -2.28. The van der Waals surface area contributed by atoms with E-state index in [2.05, 4.69) is 15.6 Å². The van der Waals surface area contributed by atoms with Gasteiger partial charge in [-0.2, -0.15) is 0 Å². The molecule has 0 bridgehead atoms. The van der Waals surface area contributed by atoms with E-state index in [0.29, 0.717) is 6.54 Å². The number of aliphatic hydroxyl groups excluding tert-OH is 3. The summed E-state index contributed by atoms with van der Waals surface area (Å²) in [6.07, 6.45) is -0.528. The molecule has 5 atom stereocenters. The molecular weight excluding hydrogens is 450 g/mol. The smallest absolute Gasteiger partial charge is 0.252 e. The number of methoxy groups -OCH3 is 1. The second-order valence-corrected chi connectivity index (χ2v) is 9.77. The molecule has 2 aromatic rings. The van der Waals surface area contributed by atoms with Gasteiger partial charge in [0.05, 0.1) is 0 Å². The number of carbonyl (C=O) groups excluding carboxylic acids is 2. The highest BCUT2D eigenvalue weighted by molar-refractivity contribution is 5.91. The van der Waals surface area contributed by atoms with Crippen LogP contribution in [0.4, 0.5) is 0 Å². The minimum atomic E-state index is -1.73. The number of fused-ring (bicyclic) bond motifs is 1. The van der Waals surface area contributed by atoms with E-state index in [-0.39, 0.29) is 17.7 Å². The zero-order chi connectivity index (χ0) is 26.2. The molecule has 0 unspecified atom stereocenters. The molecule has 0 saturated heterocycles. The summed E-state index contributed by atoms with van der Waals surface area (Å²) in [5.41, 5.74) is 1.51. The maximum atomic E-state index is 13.0. The molecule has 0 spiro atoms. The lowest BCUT2D eigenvalue weighted by Crippen LogP contribution is -2.56. The predicted octanol–water partition coefficient (Wildman–Crippen LogP) is 1.42. The zero-order valence-electron chi connectivity index (χ0n) is 21.1. The summed E-state index contributed by atoms with van der Waals surface area (Å²) in [5.74, 6) is -1.15. The number of hydrogen-bond acceptors (Lipinski definition) is 6. The zero-order valence-corrected chi connectivity index (χ0v) is 21.1. The number of allylic oxidation sites excluding steroid dienone is 1. The predicted molar refractivity (Wildman–Crippen MR) is 135 cm³/mol. The Morgan fingerprint density at radius 3 is 2.43 bits per heavy atom. The Bertz CT molecular complexity index is 996. The molecule has 1 aromatic carbocycles. The summed E-state index contributed by atoms with van der Waals surface area (Å²) < 4.78 is 5.16. The normalized spacial score (nSPS) is 16.6. The fourth-order valence-electron chi connectivity index (χ4n) is 3.64. The number of benzene rings is 1. The fourth-order valence-corrected chi connectivity index (χ4v) is 3.64. The van der Waals surface area contributed by atoms with E-state index in [0.717, 1.165) is 22.9 Å². The van der Waals surface area contributed by atoms with Crippen LogP contribution in [0.1, 0.15) is 39.7 Å². The van der Waals surface area contributed by atoms with Gasteiger partial charge in [0.2, 0.25) is 5.91 Å². The Kier molecular flexibility index (Phi) is 10.5. The lowest BCUT2D eigenvalue weighted by molar-refractivity contribution is -0.150. The molecule has 0 aliphatic heterocycles. The Balaban J connectivity index is 2.19. The van der Waals surface area contributed by atoms with Gasteiger partial charge in [-0.1, -0.05) is 58.0 Å². The van der Waals surface area contributed by atoms with Gasteiger partial charge in [-0.3, -0.25) is 9.59 Å².